The Morgan fingerprint density at radius 2 is 2.00 bits per heavy atom. The average molecular weight is 290 g/mol. The quantitative estimate of drug-likeness (QED) is 0.878. The molecule has 0 spiro atoms. The average Bonchev–Trinajstić information content (AvgIpc) is 2.87. The van der Waals surface area contributed by atoms with Gasteiger partial charge in [-0.05, 0) is 38.3 Å². The van der Waals surface area contributed by atoms with Crippen LogP contribution in [0.15, 0.2) is 35.7 Å². The molecule has 1 unspecified atom stereocenters. The first-order chi connectivity index (χ1) is 9.49. The topological polar surface area (TPSA) is 49.5 Å². The first-order valence-electron chi connectivity index (χ1n) is 6.86. The number of hydrogen-bond acceptors (Lipinski definition) is 4. The van der Waals surface area contributed by atoms with Gasteiger partial charge in [-0.1, -0.05) is 12.1 Å². The predicted octanol–water partition coefficient (Wildman–Crippen LogP) is 3.89. The van der Waals surface area contributed by atoms with E-state index in [1.165, 1.54) is 4.88 Å². The Hall–Kier alpha value is -1.52. The SMILES string of the molecule is CC(N)c1ccc(N(Cc2cccs2)C(C)C)cc1O. The van der Waals surface area contributed by atoms with Crippen LogP contribution in [0.2, 0.25) is 0 Å². The lowest BCUT2D eigenvalue weighted by molar-refractivity contribution is 0.463. The molecule has 2 aromatic rings. The van der Waals surface area contributed by atoms with Crippen LogP contribution in [0.5, 0.6) is 5.75 Å². The van der Waals surface area contributed by atoms with E-state index in [2.05, 4.69) is 36.3 Å². The van der Waals surface area contributed by atoms with Crippen LogP contribution < -0.4 is 10.6 Å². The zero-order valence-electron chi connectivity index (χ0n) is 12.2. The Bertz CT molecular complexity index is 550. The van der Waals surface area contributed by atoms with E-state index in [1.54, 1.807) is 11.3 Å². The van der Waals surface area contributed by atoms with Crippen LogP contribution in [0, 0.1) is 0 Å². The molecule has 0 saturated carbocycles. The van der Waals surface area contributed by atoms with Gasteiger partial charge in [-0.2, -0.15) is 0 Å². The molecule has 0 fully saturated rings. The van der Waals surface area contributed by atoms with Crippen LogP contribution in [-0.4, -0.2) is 11.1 Å². The summed E-state index contributed by atoms with van der Waals surface area (Å²) in [6.45, 7) is 7.04. The van der Waals surface area contributed by atoms with Crippen LogP contribution in [0.1, 0.15) is 37.3 Å². The van der Waals surface area contributed by atoms with E-state index in [9.17, 15) is 5.11 Å². The van der Waals surface area contributed by atoms with Gasteiger partial charge >= 0.3 is 0 Å². The first-order valence-corrected chi connectivity index (χ1v) is 7.74. The number of phenols is 1. The minimum atomic E-state index is -0.158. The van der Waals surface area contributed by atoms with Crippen LogP contribution in [-0.2, 0) is 6.54 Å². The van der Waals surface area contributed by atoms with E-state index < -0.39 is 0 Å². The molecule has 108 valence electrons. The van der Waals surface area contributed by atoms with Crippen LogP contribution >= 0.6 is 11.3 Å². The lowest BCUT2D eigenvalue weighted by atomic mass is 10.1. The van der Waals surface area contributed by atoms with Crippen molar-refractivity contribution >= 4 is 17.0 Å². The van der Waals surface area contributed by atoms with E-state index in [0.717, 1.165) is 17.8 Å². The highest BCUT2D eigenvalue weighted by Gasteiger charge is 2.14. The summed E-state index contributed by atoms with van der Waals surface area (Å²) in [5.41, 5.74) is 7.65. The second kappa shape index (κ2) is 6.29. The minimum absolute atomic E-state index is 0.158. The molecule has 1 aromatic carbocycles. The minimum Gasteiger partial charge on any atom is -0.508 e. The molecule has 0 saturated heterocycles. The van der Waals surface area contributed by atoms with E-state index >= 15 is 0 Å². The van der Waals surface area contributed by atoms with Crippen LogP contribution in [0.25, 0.3) is 0 Å². The molecule has 2 rings (SSSR count). The summed E-state index contributed by atoms with van der Waals surface area (Å²) < 4.78 is 0. The molecule has 0 radical (unpaired) electrons. The maximum Gasteiger partial charge on any atom is 0.122 e. The van der Waals surface area contributed by atoms with Gasteiger partial charge < -0.3 is 15.7 Å². The zero-order valence-corrected chi connectivity index (χ0v) is 13.0. The molecule has 0 bridgehead atoms. The summed E-state index contributed by atoms with van der Waals surface area (Å²) in [5, 5.41) is 12.2. The molecule has 0 aliphatic carbocycles. The monoisotopic (exact) mass is 290 g/mol. The molecule has 0 amide bonds. The molecule has 1 atom stereocenters. The number of rotatable bonds is 5. The molecule has 4 heteroatoms. The molecule has 0 aliphatic rings. The summed E-state index contributed by atoms with van der Waals surface area (Å²) in [7, 11) is 0. The van der Waals surface area contributed by atoms with E-state index in [0.29, 0.717) is 6.04 Å². The van der Waals surface area contributed by atoms with Gasteiger partial charge in [0.05, 0.1) is 6.54 Å². The normalized spacial score (nSPS) is 12.7. The molecular weight excluding hydrogens is 268 g/mol. The van der Waals surface area contributed by atoms with Gasteiger partial charge in [-0.15, -0.1) is 11.3 Å². The second-order valence-electron chi connectivity index (χ2n) is 5.33. The Labute approximate surface area is 124 Å². The van der Waals surface area contributed by atoms with Crippen LogP contribution in [0.4, 0.5) is 5.69 Å². The third-order valence-corrected chi connectivity index (χ3v) is 4.23. The molecule has 1 aromatic heterocycles. The van der Waals surface area contributed by atoms with Crippen molar-refractivity contribution in [2.75, 3.05) is 4.90 Å². The van der Waals surface area contributed by atoms with Crippen molar-refractivity contribution in [3.05, 3.63) is 46.2 Å². The fourth-order valence-corrected chi connectivity index (χ4v) is 2.94. The Balaban J connectivity index is 2.28. The zero-order chi connectivity index (χ0) is 14.7. The Kier molecular flexibility index (Phi) is 4.68. The second-order valence-corrected chi connectivity index (χ2v) is 6.37. The number of thiophene rings is 1. The number of anilines is 1. The van der Waals surface area contributed by atoms with Gasteiger partial charge in [-0.25, -0.2) is 0 Å². The summed E-state index contributed by atoms with van der Waals surface area (Å²) >= 11 is 1.75. The first kappa shape index (κ1) is 14.9. The Morgan fingerprint density at radius 1 is 1.25 bits per heavy atom. The number of nitrogens with zero attached hydrogens (tertiary/aromatic N) is 1. The highest BCUT2D eigenvalue weighted by Crippen LogP contribution is 2.30. The van der Waals surface area contributed by atoms with Gasteiger partial charge in [0.1, 0.15) is 5.75 Å². The highest BCUT2D eigenvalue weighted by atomic mass is 32.1. The van der Waals surface area contributed by atoms with Gasteiger partial charge in [0.25, 0.3) is 0 Å². The van der Waals surface area contributed by atoms with Crippen molar-refractivity contribution in [2.45, 2.75) is 39.4 Å². The summed E-state index contributed by atoms with van der Waals surface area (Å²) in [5.74, 6) is 0.273. The highest BCUT2D eigenvalue weighted by molar-refractivity contribution is 7.09. The van der Waals surface area contributed by atoms with Crippen molar-refractivity contribution in [2.24, 2.45) is 5.73 Å². The summed E-state index contributed by atoms with van der Waals surface area (Å²) in [6.07, 6.45) is 0. The largest absolute Gasteiger partial charge is 0.508 e. The maximum absolute atomic E-state index is 10.1. The van der Waals surface area contributed by atoms with E-state index in [-0.39, 0.29) is 11.8 Å². The number of nitrogens with two attached hydrogens (primary N) is 1. The molecule has 20 heavy (non-hydrogen) atoms. The third kappa shape index (κ3) is 3.32. The summed E-state index contributed by atoms with van der Waals surface area (Å²) in [6, 6.07) is 10.2. The lowest BCUT2D eigenvalue weighted by Crippen LogP contribution is -2.29. The maximum atomic E-state index is 10.1. The van der Waals surface area contributed by atoms with Gasteiger partial charge in [0.2, 0.25) is 0 Å². The number of aromatic hydroxyl groups is 1. The predicted molar refractivity (Wildman–Crippen MR) is 86.3 cm³/mol. The van der Waals surface area contributed by atoms with Crippen molar-refractivity contribution in [3.8, 4) is 5.75 Å². The van der Waals surface area contributed by atoms with Crippen molar-refractivity contribution in [1.82, 2.24) is 0 Å². The Morgan fingerprint density at radius 3 is 2.50 bits per heavy atom. The summed E-state index contributed by atoms with van der Waals surface area (Å²) in [4.78, 5) is 3.59. The molecule has 0 aliphatic heterocycles. The number of benzene rings is 1. The van der Waals surface area contributed by atoms with Crippen molar-refractivity contribution < 1.29 is 5.11 Å². The lowest BCUT2D eigenvalue weighted by Gasteiger charge is -2.29. The molecule has 1 heterocycles. The fraction of sp³-hybridized carbons (Fsp3) is 0.375. The van der Waals surface area contributed by atoms with Crippen molar-refractivity contribution in [1.29, 1.82) is 0 Å². The van der Waals surface area contributed by atoms with E-state index in [4.69, 9.17) is 5.73 Å². The van der Waals surface area contributed by atoms with Gasteiger partial charge in [0.15, 0.2) is 0 Å². The fourth-order valence-electron chi connectivity index (χ4n) is 2.24. The number of phenolic OH excluding ortho intramolecular Hbond substituents is 1. The standard InChI is InChI=1S/C16H22N2OS/c1-11(2)18(10-14-5-4-8-20-14)13-6-7-15(12(3)17)16(19)9-13/h4-9,11-12,19H,10,17H2,1-3H3. The molecule has 3 N–H and O–H groups in total. The third-order valence-electron chi connectivity index (χ3n) is 3.37. The van der Waals surface area contributed by atoms with Gasteiger partial charge in [0, 0.05) is 34.3 Å². The smallest absolute Gasteiger partial charge is 0.122 e. The molecular formula is C16H22N2OS. The van der Waals surface area contributed by atoms with Crippen molar-refractivity contribution in [3.63, 3.8) is 0 Å². The van der Waals surface area contributed by atoms with Crippen LogP contribution in [0.3, 0.4) is 0 Å². The van der Waals surface area contributed by atoms with Gasteiger partial charge in [-0.3, -0.25) is 0 Å². The van der Waals surface area contributed by atoms with E-state index in [1.807, 2.05) is 25.1 Å². The number of hydrogen-bond donors (Lipinski definition) is 2. The molecule has 3 nitrogen and oxygen atoms in total.